The molecule has 0 aliphatic carbocycles. The lowest BCUT2D eigenvalue weighted by Crippen LogP contribution is -2.17. The second-order valence-electron chi connectivity index (χ2n) is 7.50. The Hall–Kier alpha value is -3.51. The van der Waals surface area contributed by atoms with Gasteiger partial charge in [-0.2, -0.15) is 20.1 Å². The molecule has 0 bridgehead atoms. The Kier molecular flexibility index (Phi) is 7.61. The minimum atomic E-state index is -4.77. The summed E-state index contributed by atoms with van der Waals surface area (Å²) in [6, 6.07) is 9.32. The number of hydrogen-bond donors (Lipinski definition) is 2. The van der Waals surface area contributed by atoms with Crippen molar-refractivity contribution in [2.75, 3.05) is 30.5 Å². The molecule has 1 aromatic heterocycles. The van der Waals surface area contributed by atoms with Gasteiger partial charge in [-0.05, 0) is 48.4 Å². The highest BCUT2D eigenvalue weighted by Gasteiger charge is 2.30. The standard InChI is InChI=1S/C22H19ClF4N6O2/c23-16-2-1-3-17(24)18(16)19-30-20(28-10-14-8-9-34-12-14)32-21(31-19)33-29-11-13-4-6-15(7-5-13)35-22(25,26)27/h1-7,11,14H,8-10,12H2,(H2,28,30,31,32,33). The number of halogens is 5. The molecule has 1 atom stereocenters. The van der Waals surface area contributed by atoms with Crippen LogP contribution in [0.4, 0.5) is 29.5 Å². The zero-order chi connectivity index (χ0) is 24.8. The molecule has 1 unspecified atom stereocenters. The van der Waals surface area contributed by atoms with Gasteiger partial charge in [-0.1, -0.05) is 17.7 Å². The Morgan fingerprint density at radius 3 is 2.57 bits per heavy atom. The van der Waals surface area contributed by atoms with Crippen LogP contribution in [0.1, 0.15) is 12.0 Å². The maximum absolute atomic E-state index is 14.5. The van der Waals surface area contributed by atoms with Crippen LogP contribution in [0.2, 0.25) is 5.02 Å². The summed E-state index contributed by atoms with van der Waals surface area (Å²) in [4.78, 5) is 12.8. The smallest absolute Gasteiger partial charge is 0.406 e. The van der Waals surface area contributed by atoms with Crippen molar-refractivity contribution >= 4 is 29.7 Å². The molecule has 35 heavy (non-hydrogen) atoms. The maximum atomic E-state index is 14.5. The van der Waals surface area contributed by atoms with E-state index >= 15 is 0 Å². The maximum Gasteiger partial charge on any atom is 0.573 e. The van der Waals surface area contributed by atoms with Gasteiger partial charge in [0.2, 0.25) is 11.9 Å². The van der Waals surface area contributed by atoms with E-state index in [0.717, 1.165) is 18.6 Å². The minimum Gasteiger partial charge on any atom is -0.406 e. The van der Waals surface area contributed by atoms with Gasteiger partial charge in [-0.25, -0.2) is 9.82 Å². The number of hydrazone groups is 1. The molecule has 3 aromatic rings. The molecular formula is C22H19ClF4N6O2. The number of nitrogens with zero attached hydrogens (tertiary/aromatic N) is 4. The molecule has 2 heterocycles. The number of alkyl halides is 3. The van der Waals surface area contributed by atoms with Crippen LogP contribution in [-0.2, 0) is 4.74 Å². The van der Waals surface area contributed by atoms with Crippen molar-refractivity contribution < 1.29 is 27.0 Å². The minimum absolute atomic E-state index is 0.000348. The van der Waals surface area contributed by atoms with E-state index in [1.165, 1.54) is 36.5 Å². The third-order valence-electron chi connectivity index (χ3n) is 4.89. The Bertz CT molecular complexity index is 1170. The first-order chi connectivity index (χ1) is 16.8. The molecule has 0 spiro atoms. The van der Waals surface area contributed by atoms with Crippen LogP contribution in [0, 0.1) is 11.7 Å². The number of benzene rings is 2. The highest BCUT2D eigenvalue weighted by Crippen LogP contribution is 2.29. The Balaban J connectivity index is 1.53. The van der Waals surface area contributed by atoms with Crippen molar-refractivity contribution in [3.63, 3.8) is 0 Å². The zero-order valence-electron chi connectivity index (χ0n) is 18.0. The first-order valence-corrected chi connectivity index (χ1v) is 10.8. The zero-order valence-corrected chi connectivity index (χ0v) is 18.8. The molecule has 13 heteroatoms. The quantitative estimate of drug-likeness (QED) is 0.247. The van der Waals surface area contributed by atoms with E-state index < -0.39 is 12.2 Å². The number of nitrogens with one attached hydrogen (secondary N) is 2. The molecular weight excluding hydrogens is 492 g/mol. The fraction of sp³-hybridized carbons (Fsp3) is 0.273. The number of aromatic nitrogens is 3. The molecule has 0 amide bonds. The monoisotopic (exact) mass is 510 g/mol. The average Bonchev–Trinajstić information content (AvgIpc) is 3.32. The summed E-state index contributed by atoms with van der Waals surface area (Å²) in [5.74, 6) is -0.477. The molecule has 0 radical (unpaired) electrons. The van der Waals surface area contributed by atoms with E-state index in [9.17, 15) is 17.6 Å². The van der Waals surface area contributed by atoms with E-state index in [0.29, 0.717) is 25.3 Å². The highest BCUT2D eigenvalue weighted by atomic mass is 35.5. The second kappa shape index (κ2) is 10.8. The fourth-order valence-electron chi connectivity index (χ4n) is 3.23. The number of rotatable bonds is 8. The SMILES string of the molecule is Fc1cccc(Cl)c1-c1nc(NCC2CCOC2)nc(NN=Cc2ccc(OC(F)(F)F)cc2)n1. The lowest BCUT2D eigenvalue weighted by Gasteiger charge is -2.12. The Labute approximate surface area is 202 Å². The van der Waals surface area contributed by atoms with Crippen molar-refractivity contribution in [3.05, 3.63) is 58.9 Å². The van der Waals surface area contributed by atoms with Crippen molar-refractivity contribution in [1.82, 2.24) is 15.0 Å². The largest absolute Gasteiger partial charge is 0.573 e. The van der Waals surface area contributed by atoms with Gasteiger partial charge in [0, 0.05) is 19.1 Å². The molecule has 184 valence electrons. The van der Waals surface area contributed by atoms with Gasteiger partial charge in [0.25, 0.3) is 0 Å². The second-order valence-corrected chi connectivity index (χ2v) is 7.91. The Morgan fingerprint density at radius 2 is 1.89 bits per heavy atom. The van der Waals surface area contributed by atoms with Crippen molar-refractivity contribution in [1.29, 1.82) is 0 Å². The van der Waals surface area contributed by atoms with Crippen LogP contribution in [-0.4, -0.2) is 47.3 Å². The number of hydrogen-bond acceptors (Lipinski definition) is 8. The summed E-state index contributed by atoms with van der Waals surface area (Å²) in [6.45, 7) is 1.85. The molecule has 2 N–H and O–H groups in total. The van der Waals surface area contributed by atoms with Crippen LogP contribution >= 0.6 is 11.6 Å². The van der Waals surface area contributed by atoms with Crippen LogP contribution in [0.25, 0.3) is 11.4 Å². The molecule has 1 fully saturated rings. The van der Waals surface area contributed by atoms with Crippen molar-refractivity contribution in [2.45, 2.75) is 12.8 Å². The highest BCUT2D eigenvalue weighted by molar-refractivity contribution is 6.33. The van der Waals surface area contributed by atoms with Crippen LogP contribution in [0.3, 0.4) is 0 Å². The Morgan fingerprint density at radius 1 is 1.11 bits per heavy atom. The van der Waals surface area contributed by atoms with Gasteiger partial charge in [0.1, 0.15) is 11.6 Å². The summed E-state index contributed by atoms with van der Waals surface area (Å²) in [7, 11) is 0. The molecule has 2 aromatic carbocycles. The van der Waals surface area contributed by atoms with Crippen LogP contribution in [0.5, 0.6) is 5.75 Å². The van der Waals surface area contributed by atoms with E-state index in [4.69, 9.17) is 16.3 Å². The van der Waals surface area contributed by atoms with Gasteiger partial charge in [-0.3, -0.25) is 0 Å². The third kappa shape index (κ3) is 6.99. The first kappa shape index (κ1) is 24.6. The predicted octanol–water partition coefficient (Wildman–Crippen LogP) is 5.12. The van der Waals surface area contributed by atoms with E-state index in [2.05, 4.69) is 35.5 Å². The van der Waals surface area contributed by atoms with Gasteiger partial charge in [0.15, 0.2) is 5.82 Å². The molecule has 1 saturated heterocycles. The molecule has 0 saturated carbocycles. The van der Waals surface area contributed by atoms with Crippen molar-refractivity contribution in [3.8, 4) is 17.1 Å². The van der Waals surface area contributed by atoms with Gasteiger partial charge in [-0.15, -0.1) is 13.2 Å². The topological polar surface area (TPSA) is 93.6 Å². The first-order valence-electron chi connectivity index (χ1n) is 10.4. The summed E-state index contributed by atoms with van der Waals surface area (Å²) in [5.41, 5.74) is 3.12. The average molecular weight is 511 g/mol. The lowest BCUT2D eigenvalue weighted by atomic mass is 10.1. The van der Waals surface area contributed by atoms with E-state index in [-0.39, 0.29) is 40.0 Å². The van der Waals surface area contributed by atoms with Gasteiger partial charge < -0.3 is 14.8 Å². The molecule has 1 aliphatic heterocycles. The van der Waals surface area contributed by atoms with Crippen molar-refractivity contribution in [2.24, 2.45) is 11.0 Å². The van der Waals surface area contributed by atoms with E-state index in [1.807, 2.05) is 0 Å². The van der Waals surface area contributed by atoms with E-state index in [1.54, 1.807) is 0 Å². The summed E-state index contributed by atoms with van der Waals surface area (Å²) < 4.78 is 60.6. The summed E-state index contributed by atoms with van der Waals surface area (Å²) in [6.07, 6.45) is -2.53. The van der Waals surface area contributed by atoms with Crippen LogP contribution in [0.15, 0.2) is 47.6 Å². The predicted molar refractivity (Wildman–Crippen MR) is 122 cm³/mol. The number of anilines is 2. The normalized spacial score (nSPS) is 16.0. The van der Waals surface area contributed by atoms with Gasteiger partial charge in [0.05, 0.1) is 23.4 Å². The lowest BCUT2D eigenvalue weighted by molar-refractivity contribution is -0.274. The molecule has 4 rings (SSSR count). The summed E-state index contributed by atoms with van der Waals surface area (Å²) >= 11 is 6.18. The fourth-order valence-corrected chi connectivity index (χ4v) is 3.48. The van der Waals surface area contributed by atoms with Gasteiger partial charge >= 0.3 is 6.36 Å². The number of ether oxygens (including phenoxy) is 2. The summed E-state index contributed by atoms with van der Waals surface area (Å²) in [5, 5.41) is 7.24. The molecule has 8 nitrogen and oxygen atoms in total. The third-order valence-corrected chi connectivity index (χ3v) is 5.20. The molecule has 1 aliphatic rings. The van der Waals surface area contributed by atoms with Crippen LogP contribution < -0.4 is 15.5 Å².